The van der Waals surface area contributed by atoms with Crippen LogP contribution in [0, 0.1) is 0 Å². The largest absolute Gasteiger partial charge is 0.361 e. The van der Waals surface area contributed by atoms with Gasteiger partial charge in [-0.1, -0.05) is 25.1 Å². The molecule has 3 rings (SSSR count). The molecule has 0 amide bonds. The number of hydrogen-bond acceptors (Lipinski definition) is 5. The summed E-state index contributed by atoms with van der Waals surface area (Å²) in [7, 11) is 0. The third-order valence-corrected chi connectivity index (χ3v) is 4.38. The normalized spacial score (nSPS) is 11.6. The number of aliphatic imine (C=N–C) groups is 1. The Labute approximate surface area is 165 Å². The van der Waals surface area contributed by atoms with E-state index in [1.807, 2.05) is 36.0 Å². The number of hydrogen-bond donors (Lipinski definition) is 2. The van der Waals surface area contributed by atoms with Crippen LogP contribution in [0.5, 0.6) is 0 Å². The lowest BCUT2D eigenvalue weighted by Crippen LogP contribution is -2.37. The Morgan fingerprint density at radius 3 is 2.71 bits per heavy atom. The van der Waals surface area contributed by atoms with Crippen molar-refractivity contribution in [2.24, 2.45) is 4.99 Å². The van der Waals surface area contributed by atoms with Crippen molar-refractivity contribution in [2.75, 3.05) is 6.54 Å². The summed E-state index contributed by atoms with van der Waals surface area (Å²) in [6.07, 6.45) is 8.85. The van der Waals surface area contributed by atoms with Crippen molar-refractivity contribution < 1.29 is 4.52 Å². The zero-order valence-corrected chi connectivity index (χ0v) is 16.6. The molecule has 8 heteroatoms. The van der Waals surface area contributed by atoms with Crippen molar-refractivity contribution in [1.29, 1.82) is 0 Å². The van der Waals surface area contributed by atoms with Crippen molar-refractivity contribution >= 4 is 5.96 Å². The molecule has 0 spiro atoms. The SMILES string of the molecule is CCNC(=NCc1ccc(-n2ccnc2)nc1)NCc1c(CC)noc1CC. The lowest BCUT2D eigenvalue weighted by atomic mass is 10.1. The molecule has 0 unspecified atom stereocenters. The van der Waals surface area contributed by atoms with E-state index >= 15 is 0 Å². The number of nitrogens with zero attached hydrogens (tertiary/aromatic N) is 5. The molecule has 3 aromatic rings. The van der Waals surface area contributed by atoms with E-state index in [-0.39, 0.29) is 0 Å². The summed E-state index contributed by atoms with van der Waals surface area (Å²) in [5, 5.41) is 10.8. The highest BCUT2D eigenvalue weighted by molar-refractivity contribution is 5.79. The molecule has 0 bridgehead atoms. The summed E-state index contributed by atoms with van der Waals surface area (Å²) in [6, 6.07) is 3.99. The number of imidazole rings is 1. The second-order valence-corrected chi connectivity index (χ2v) is 6.28. The Bertz CT molecular complexity index is 860. The van der Waals surface area contributed by atoms with Crippen molar-refractivity contribution in [3.8, 4) is 5.82 Å². The van der Waals surface area contributed by atoms with Crippen LogP contribution in [-0.4, -0.2) is 32.2 Å². The Hall–Kier alpha value is -3.16. The maximum Gasteiger partial charge on any atom is 0.191 e. The molecule has 0 atom stereocenters. The number of aryl methyl sites for hydroxylation is 2. The molecule has 3 heterocycles. The summed E-state index contributed by atoms with van der Waals surface area (Å²) < 4.78 is 7.30. The topological polar surface area (TPSA) is 93.2 Å². The van der Waals surface area contributed by atoms with E-state index < -0.39 is 0 Å². The number of guanidine groups is 1. The summed E-state index contributed by atoms with van der Waals surface area (Å²) in [6.45, 7) is 8.17. The second kappa shape index (κ2) is 9.68. The van der Waals surface area contributed by atoms with Crippen LogP contribution >= 0.6 is 0 Å². The van der Waals surface area contributed by atoms with Crippen LogP contribution in [0.1, 0.15) is 43.4 Å². The fraction of sp³-hybridized carbons (Fsp3) is 0.400. The first kappa shape index (κ1) is 19.6. The molecule has 0 saturated carbocycles. The van der Waals surface area contributed by atoms with Crippen LogP contribution in [0.25, 0.3) is 5.82 Å². The highest BCUT2D eigenvalue weighted by Crippen LogP contribution is 2.15. The Balaban J connectivity index is 1.65. The Morgan fingerprint density at radius 2 is 2.07 bits per heavy atom. The molecule has 0 aliphatic rings. The van der Waals surface area contributed by atoms with Crippen LogP contribution < -0.4 is 10.6 Å². The van der Waals surface area contributed by atoms with Crippen molar-refractivity contribution in [3.05, 3.63) is 59.6 Å². The standard InChI is InChI=1S/C20H27N7O/c1-4-17-16(18(5-2)28-26-17)13-25-20(22-6-3)24-12-15-7-8-19(23-11-15)27-10-9-21-14-27/h7-11,14H,4-6,12-13H2,1-3H3,(H2,22,24,25). The fourth-order valence-corrected chi connectivity index (χ4v) is 2.88. The maximum atomic E-state index is 5.43. The van der Waals surface area contributed by atoms with E-state index in [2.05, 4.69) is 44.6 Å². The van der Waals surface area contributed by atoms with Crippen molar-refractivity contribution in [3.63, 3.8) is 0 Å². The van der Waals surface area contributed by atoms with Crippen molar-refractivity contribution in [1.82, 2.24) is 30.3 Å². The van der Waals surface area contributed by atoms with Gasteiger partial charge in [-0.2, -0.15) is 0 Å². The molecule has 3 aromatic heterocycles. The molecule has 28 heavy (non-hydrogen) atoms. The molecule has 0 fully saturated rings. The molecule has 0 aromatic carbocycles. The molecule has 0 aliphatic heterocycles. The van der Waals surface area contributed by atoms with Gasteiger partial charge in [0.15, 0.2) is 5.96 Å². The number of rotatable bonds is 8. The first-order chi connectivity index (χ1) is 13.7. The van der Waals surface area contributed by atoms with E-state index in [9.17, 15) is 0 Å². The molecule has 0 aliphatic carbocycles. The predicted octanol–water partition coefficient (Wildman–Crippen LogP) is 2.64. The molecule has 0 radical (unpaired) electrons. The van der Waals surface area contributed by atoms with Crippen LogP contribution in [0.4, 0.5) is 0 Å². The lowest BCUT2D eigenvalue weighted by molar-refractivity contribution is 0.380. The lowest BCUT2D eigenvalue weighted by Gasteiger charge is -2.12. The van der Waals surface area contributed by atoms with Gasteiger partial charge in [0.25, 0.3) is 0 Å². The van der Waals surface area contributed by atoms with Gasteiger partial charge in [-0.3, -0.25) is 4.57 Å². The Morgan fingerprint density at radius 1 is 1.18 bits per heavy atom. The molecule has 0 saturated heterocycles. The van der Waals surface area contributed by atoms with Crippen LogP contribution in [0.15, 0.2) is 46.6 Å². The Kier molecular flexibility index (Phi) is 6.78. The minimum absolute atomic E-state index is 0.539. The summed E-state index contributed by atoms with van der Waals surface area (Å²) in [5.74, 6) is 2.52. The van der Waals surface area contributed by atoms with Crippen LogP contribution in [-0.2, 0) is 25.9 Å². The third kappa shape index (κ3) is 4.76. The van der Waals surface area contributed by atoms with Gasteiger partial charge in [0.2, 0.25) is 0 Å². The molecular weight excluding hydrogens is 354 g/mol. The summed E-state index contributed by atoms with van der Waals surface area (Å²) in [5.41, 5.74) is 3.16. The van der Waals surface area contributed by atoms with Gasteiger partial charge in [0.1, 0.15) is 17.9 Å². The minimum Gasteiger partial charge on any atom is -0.361 e. The van der Waals surface area contributed by atoms with Gasteiger partial charge >= 0.3 is 0 Å². The quantitative estimate of drug-likeness (QED) is 0.460. The van der Waals surface area contributed by atoms with Gasteiger partial charge in [0, 0.05) is 43.7 Å². The van der Waals surface area contributed by atoms with E-state index in [0.29, 0.717) is 13.1 Å². The van der Waals surface area contributed by atoms with Gasteiger partial charge in [-0.15, -0.1) is 0 Å². The summed E-state index contributed by atoms with van der Waals surface area (Å²) in [4.78, 5) is 13.2. The molecule has 148 valence electrons. The van der Waals surface area contributed by atoms with E-state index in [1.54, 1.807) is 12.5 Å². The summed E-state index contributed by atoms with van der Waals surface area (Å²) >= 11 is 0. The minimum atomic E-state index is 0.539. The van der Waals surface area contributed by atoms with Gasteiger partial charge < -0.3 is 15.2 Å². The highest BCUT2D eigenvalue weighted by atomic mass is 16.5. The molecule has 2 N–H and O–H groups in total. The fourth-order valence-electron chi connectivity index (χ4n) is 2.88. The van der Waals surface area contributed by atoms with E-state index in [1.165, 1.54) is 0 Å². The van der Waals surface area contributed by atoms with Gasteiger partial charge in [-0.05, 0) is 25.0 Å². The smallest absolute Gasteiger partial charge is 0.191 e. The second-order valence-electron chi connectivity index (χ2n) is 6.28. The van der Waals surface area contributed by atoms with E-state index in [0.717, 1.165) is 53.7 Å². The van der Waals surface area contributed by atoms with Crippen LogP contribution in [0.3, 0.4) is 0 Å². The zero-order chi connectivity index (χ0) is 19.8. The average molecular weight is 381 g/mol. The monoisotopic (exact) mass is 381 g/mol. The molecular formula is C20H27N7O. The van der Waals surface area contributed by atoms with E-state index in [4.69, 9.17) is 4.52 Å². The van der Waals surface area contributed by atoms with Gasteiger partial charge in [0.05, 0.1) is 12.2 Å². The predicted molar refractivity (Wildman–Crippen MR) is 108 cm³/mol. The van der Waals surface area contributed by atoms with Crippen molar-refractivity contribution in [2.45, 2.75) is 46.7 Å². The highest BCUT2D eigenvalue weighted by Gasteiger charge is 2.13. The molecule has 8 nitrogen and oxygen atoms in total. The van der Waals surface area contributed by atoms with Gasteiger partial charge in [-0.25, -0.2) is 15.0 Å². The average Bonchev–Trinajstić information content (AvgIpc) is 3.40. The van der Waals surface area contributed by atoms with Crippen LogP contribution in [0.2, 0.25) is 0 Å². The number of aromatic nitrogens is 4. The number of nitrogens with one attached hydrogen (secondary N) is 2. The third-order valence-electron chi connectivity index (χ3n) is 4.38. The maximum absolute atomic E-state index is 5.43. The number of pyridine rings is 1. The first-order valence-electron chi connectivity index (χ1n) is 9.66. The first-order valence-corrected chi connectivity index (χ1v) is 9.66. The zero-order valence-electron chi connectivity index (χ0n) is 16.6.